The molecule has 1 aliphatic heterocycles. The highest BCUT2D eigenvalue weighted by atomic mass is 32.2. The zero-order chi connectivity index (χ0) is 24.6. The molecule has 2 N–H and O–H groups in total. The smallest absolute Gasteiger partial charge is 0.318 e. The van der Waals surface area contributed by atoms with Crippen LogP contribution < -0.4 is 10.6 Å². The van der Waals surface area contributed by atoms with Crippen LogP contribution in [0.25, 0.3) is 0 Å². The summed E-state index contributed by atoms with van der Waals surface area (Å²) >= 11 is 1.15. The number of Topliss-reactive ketones (excluding diaryl/α,β-unsaturated/α-hetero) is 1. The lowest BCUT2D eigenvalue weighted by Crippen LogP contribution is -2.57. The quantitative estimate of drug-likeness (QED) is 0.461. The Morgan fingerprint density at radius 1 is 1.12 bits per heavy atom. The Bertz CT molecular complexity index is 1070. The van der Waals surface area contributed by atoms with Gasteiger partial charge in [0.1, 0.15) is 6.04 Å². The van der Waals surface area contributed by atoms with Crippen molar-refractivity contribution in [2.75, 3.05) is 32.1 Å². The summed E-state index contributed by atoms with van der Waals surface area (Å²) in [4.78, 5) is 44.0. The van der Waals surface area contributed by atoms with Gasteiger partial charge in [0.15, 0.2) is 14.8 Å². The molecule has 184 valence electrons. The lowest BCUT2D eigenvalue weighted by molar-refractivity contribution is -0.123. The Hall–Kier alpha value is -2.83. The zero-order valence-electron chi connectivity index (χ0n) is 18.8. The number of urea groups is 1. The highest BCUT2D eigenvalue weighted by Gasteiger charge is 2.32. The molecule has 1 fully saturated rings. The number of rotatable bonds is 10. The molecule has 1 saturated heterocycles. The van der Waals surface area contributed by atoms with Crippen LogP contribution >= 0.6 is 11.3 Å². The molecule has 0 bridgehead atoms. The molecule has 3 rings (SSSR count). The summed E-state index contributed by atoms with van der Waals surface area (Å²) < 4.78 is 31.1. The van der Waals surface area contributed by atoms with Crippen molar-refractivity contribution in [2.24, 2.45) is 0 Å². The van der Waals surface area contributed by atoms with E-state index in [2.05, 4.69) is 15.6 Å². The number of hydrogen-bond donors (Lipinski definition) is 2. The second kappa shape index (κ2) is 12.0. The van der Waals surface area contributed by atoms with E-state index in [1.165, 1.54) is 11.1 Å². The number of carbonyl (C=O) groups is 3. The first-order chi connectivity index (χ1) is 16.3. The van der Waals surface area contributed by atoms with Gasteiger partial charge in [-0.2, -0.15) is 0 Å². The molecule has 1 aromatic heterocycles. The minimum atomic E-state index is -3.78. The highest BCUT2D eigenvalue weighted by Crippen LogP contribution is 2.12. The van der Waals surface area contributed by atoms with Crippen LogP contribution in [-0.4, -0.2) is 80.2 Å². The number of morpholine rings is 1. The van der Waals surface area contributed by atoms with Gasteiger partial charge in [-0.05, 0) is 12.0 Å². The number of aromatic nitrogens is 1. The molecule has 0 saturated carbocycles. The molecule has 10 nitrogen and oxygen atoms in total. The molecule has 3 amide bonds. The predicted molar refractivity (Wildman–Crippen MR) is 127 cm³/mol. The van der Waals surface area contributed by atoms with E-state index in [4.69, 9.17) is 4.74 Å². The molecule has 1 aromatic carbocycles. The van der Waals surface area contributed by atoms with Crippen molar-refractivity contribution in [1.82, 2.24) is 20.5 Å². The average Bonchev–Trinajstić information content (AvgIpc) is 3.37. The molecule has 34 heavy (non-hydrogen) atoms. The molecule has 2 atom stereocenters. The van der Waals surface area contributed by atoms with Gasteiger partial charge in [-0.1, -0.05) is 37.3 Å². The summed E-state index contributed by atoms with van der Waals surface area (Å²) in [5.41, 5.74) is 0.576. The van der Waals surface area contributed by atoms with E-state index in [-0.39, 0.29) is 23.0 Å². The first-order valence-corrected chi connectivity index (χ1v) is 13.6. The number of hydrogen-bond acceptors (Lipinski definition) is 8. The molecule has 0 aliphatic carbocycles. The molecule has 2 heterocycles. The number of thiazole rings is 1. The monoisotopic (exact) mass is 508 g/mol. The number of ether oxygens (including phenoxy) is 1. The number of sulfone groups is 1. The number of amides is 3. The van der Waals surface area contributed by atoms with Gasteiger partial charge in [0.05, 0.1) is 30.8 Å². The van der Waals surface area contributed by atoms with Crippen molar-refractivity contribution < 1.29 is 27.5 Å². The Morgan fingerprint density at radius 2 is 1.82 bits per heavy atom. The third-order valence-electron chi connectivity index (χ3n) is 5.25. The van der Waals surface area contributed by atoms with Gasteiger partial charge in [-0.15, -0.1) is 11.3 Å². The highest BCUT2D eigenvalue weighted by molar-refractivity contribution is 7.90. The molecule has 0 radical (unpaired) electrons. The van der Waals surface area contributed by atoms with Gasteiger partial charge in [-0.25, -0.2) is 18.2 Å². The lowest BCUT2D eigenvalue weighted by atomic mass is 10.1. The summed E-state index contributed by atoms with van der Waals surface area (Å²) in [6.45, 7) is 3.10. The molecule has 1 aliphatic rings. The van der Waals surface area contributed by atoms with Gasteiger partial charge in [0, 0.05) is 24.7 Å². The Kier molecular flexibility index (Phi) is 9.13. The maximum Gasteiger partial charge on any atom is 0.318 e. The second-order valence-electron chi connectivity index (χ2n) is 7.81. The molecule has 12 heteroatoms. The Balaban J connectivity index is 1.75. The number of benzene rings is 1. The van der Waals surface area contributed by atoms with Crippen molar-refractivity contribution in [3.05, 3.63) is 52.5 Å². The molecule has 0 spiro atoms. The summed E-state index contributed by atoms with van der Waals surface area (Å²) in [6, 6.07) is 5.77. The van der Waals surface area contributed by atoms with Gasteiger partial charge in [0.2, 0.25) is 11.7 Å². The topological polar surface area (TPSA) is 135 Å². The Morgan fingerprint density at radius 3 is 2.44 bits per heavy atom. The number of nitrogens with zero attached hydrogens (tertiary/aromatic N) is 2. The predicted octanol–water partition coefficient (Wildman–Crippen LogP) is 1.25. The summed E-state index contributed by atoms with van der Waals surface area (Å²) in [7, 11) is -3.78. The lowest BCUT2D eigenvalue weighted by Gasteiger charge is -2.29. The van der Waals surface area contributed by atoms with Crippen molar-refractivity contribution in [3.8, 4) is 0 Å². The Labute approximate surface area is 202 Å². The van der Waals surface area contributed by atoms with E-state index in [1.807, 2.05) is 0 Å². The maximum absolute atomic E-state index is 13.1. The van der Waals surface area contributed by atoms with E-state index in [0.717, 1.165) is 11.3 Å². The van der Waals surface area contributed by atoms with Crippen LogP contribution in [0, 0.1) is 0 Å². The van der Waals surface area contributed by atoms with Crippen LogP contribution in [0.2, 0.25) is 0 Å². The molecular formula is C22H28N4O6S2. The van der Waals surface area contributed by atoms with E-state index in [9.17, 15) is 22.8 Å². The molecule has 2 aromatic rings. The third-order valence-corrected chi connectivity index (χ3v) is 7.65. The van der Waals surface area contributed by atoms with E-state index < -0.39 is 39.6 Å². The van der Waals surface area contributed by atoms with Crippen molar-refractivity contribution >= 4 is 38.9 Å². The average molecular weight is 509 g/mol. The standard InChI is InChI=1S/C22H28N4O6S2/c1-2-17(19(27)21-23-8-13-33-21)24-20(28)18(25-22(29)26-9-11-32-12-10-26)15-34(30,31)14-16-6-4-3-5-7-16/h3-8,13,17-18H,2,9-12,14-15H2,1H3,(H,24,28)(H,25,29)/t17-,18-/m0/s1. The van der Waals surface area contributed by atoms with Crippen molar-refractivity contribution in [1.29, 1.82) is 0 Å². The minimum absolute atomic E-state index is 0.248. The van der Waals surface area contributed by atoms with Crippen LogP contribution in [-0.2, 0) is 25.1 Å². The molecule has 0 unspecified atom stereocenters. The van der Waals surface area contributed by atoms with Gasteiger partial charge in [-0.3, -0.25) is 9.59 Å². The van der Waals surface area contributed by atoms with Crippen LogP contribution in [0.1, 0.15) is 28.7 Å². The van der Waals surface area contributed by atoms with Gasteiger partial charge < -0.3 is 20.3 Å². The van der Waals surface area contributed by atoms with Crippen LogP contribution in [0.3, 0.4) is 0 Å². The fourth-order valence-corrected chi connectivity index (χ4v) is 5.64. The maximum atomic E-state index is 13.1. The fourth-order valence-electron chi connectivity index (χ4n) is 3.45. The van der Waals surface area contributed by atoms with E-state index in [1.54, 1.807) is 42.6 Å². The van der Waals surface area contributed by atoms with Crippen LogP contribution in [0.5, 0.6) is 0 Å². The second-order valence-corrected chi connectivity index (χ2v) is 10.8. The number of ketones is 1. The number of nitrogens with one attached hydrogen (secondary N) is 2. The van der Waals surface area contributed by atoms with Crippen LogP contribution in [0.15, 0.2) is 41.9 Å². The first-order valence-electron chi connectivity index (χ1n) is 10.9. The van der Waals surface area contributed by atoms with E-state index in [0.29, 0.717) is 31.9 Å². The third kappa shape index (κ3) is 7.34. The van der Waals surface area contributed by atoms with Crippen LogP contribution in [0.4, 0.5) is 4.79 Å². The van der Waals surface area contributed by atoms with E-state index >= 15 is 0 Å². The summed E-state index contributed by atoms with van der Waals surface area (Å²) in [6.07, 6.45) is 1.78. The fraction of sp³-hybridized carbons (Fsp3) is 0.455. The zero-order valence-corrected chi connectivity index (χ0v) is 20.4. The first kappa shape index (κ1) is 25.8. The van der Waals surface area contributed by atoms with Gasteiger partial charge in [0.25, 0.3) is 0 Å². The van der Waals surface area contributed by atoms with Crippen molar-refractivity contribution in [3.63, 3.8) is 0 Å². The minimum Gasteiger partial charge on any atom is -0.378 e. The number of carbonyl (C=O) groups excluding carboxylic acids is 3. The van der Waals surface area contributed by atoms with Crippen molar-refractivity contribution in [2.45, 2.75) is 31.2 Å². The van der Waals surface area contributed by atoms with Gasteiger partial charge >= 0.3 is 6.03 Å². The largest absolute Gasteiger partial charge is 0.378 e. The summed E-state index contributed by atoms with van der Waals surface area (Å²) in [5, 5.41) is 7.06. The molecular weight excluding hydrogens is 480 g/mol. The normalized spacial score (nSPS) is 15.9. The summed E-state index contributed by atoms with van der Waals surface area (Å²) in [5.74, 6) is -1.99. The SMILES string of the molecule is CC[C@H](NC(=O)[C@H](CS(=O)(=O)Cc1ccccc1)NC(=O)N1CCOCC1)C(=O)c1nccs1.